The van der Waals surface area contributed by atoms with E-state index in [0.717, 1.165) is 25.9 Å². The minimum absolute atomic E-state index is 0.0640. The van der Waals surface area contributed by atoms with Gasteiger partial charge in [0.1, 0.15) is 5.69 Å². The normalized spacial score (nSPS) is 21.8. The minimum Gasteiger partial charge on any atom is -0.379 e. The second kappa shape index (κ2) is 6.09. The predicted octanol–water partition coefficient (Wildman–Crippen LogP) is 1.50. The zero-order valence-corrected chi connectivity index (χ0v) is 12.0. The van der Waals surface area contributed by atoms with Crippen LogP contribution >= 0.6 is 0 Å². The summed E-state index contributed by atoms with van der Waals surface area (Å²) < 4.78 is 0. The first-order valence-electron chi connectivity index (χ1n) is 6.94. The fourth-order valence-electron chi connectivity index (χ4n) is 2.56. The molecule has 1 aliphatic heterocycles. The van der Waals surface area contributed by atoms with Gasteiger partial charge in [0.05, 0.1) is 4.92 Å². The van der Waals surface area contributed by atoms with E-state index in [1.807, 2.05) is 0 Å². The van der Waals surface area contributed by atoms with Crippen LogP contribution in [0.4, 0.5) is 11.4 Å². The van der Waals surface area contributed by atoms with Crippen molar-refractivity contribution in [1.29, 1.82) is 0 Å². The molecule has 7 heteroatoms. The first-order chi connectivity index (χ1) is 9.91. The Labute approximate surface area is 123 Å². The number of carbonyl (C=O) groups excluding carboxylic acids is 1. The summed E-state index contributed by atoms with van der Waals surface area (Å²) in [6.45, 7) is 4.68. The van der Waals surface area contributed by atoms with Crippen LogP contribution in [-0.4, -0.2) is 30.5 Å². The van der Waals surface area contributed by atoms with Gasteiger partial charge in [-0.1, -0.05) is 6.92 Å². The van der Waals surface area contributed by atoms with Crippen LogP contribution in [0.3, 0.4) is 0 Å². The molecule has 1 unspecified atom stereocenters. The molecule has 1 heterocycles. The van der Waals surface area contributed by atoms with Crippen LogP contribution in [0.25, 0.3) is 0 Å². The fourth-order valence-corrected chi connectivity index (χ4v) is 2.56. The third kappa shape index (κ3) is 3.69. The SMILES string of the molecule is CC1(CNc2ccc(C(N)=O)cc2[N+](=O)[O-])CCCNC1. The van der Waals surface area contributed by atoms with Gasteiger partial charge in [-0.2, -0.15) is 0 Å². The van der Waals surface area contributed by atoms with E-state index in [2.05, 4.69) is 17.6 Å². The number of nitro groups is 1. The maximum Gasteiger partial charge on any atom is 0.293 e. The molecule has 1 aliphatic rings. The number of hydrogen-bond donors (Lipinski definition) is 3. The number of nitrogens with one attached hydrogen (secondary N) is 2. The van der Waals surface area contributed by atoms with E-state index in [4.69, 9.17) is 5.73 Å². The van der Waals surface area contributed by atoms with E-state index in [9.17, 15) is 14.9 Å². The Balaban J connectivity index is 2.15. The molecule has 1 aromatic rings. The van der Waals surface area contributed by atoms with E-state index in [1.165, 1.54) is 18.2 Å². The van der Waals surface area contributed by atoms with Crippen molar-refractivity contribution < 1.29 is 9.72 Å². The molecule has 1 aromatic carbocycles. The van der Waals surface area contributed by atoms with E-state index in [1.54, 1.807) is 0 Å². The lowest BCUT2D eigenvalue weighted by molar-refractivity contribution is -0.384. The number of carbonyl (C=O) groups is 1. The van der Waals surface area contributed by atoms with Gasteiger partial charge in [-0.05, 0) is 36.9 Å². The molecule has 4 N–H and O–H groups in total. The Hall–Kier alpha value is -2.15. The van der Waals surface area contributed by atoms with Crippen LogP contribution in [0.1, 0.15) is 30.1 Å². The molecule has 2 rings (SSSR count). The number of nitro benzene ring substituents is 1. The van der Waals surface area contributed by atoms with Gasteiger partial charge in [0, 0.05) is 24.7 Å². The lowest BCUT2D eigenvalue weighted by Gasteiger charge is -2.34. The summed E-state index contributed by atoms with van der Waals surface area (Å²) in [5, 5.41) is 17.6. The number of benzene rings is 1. The summed E-state index contributed by atoms with van der Waals surface area (Å²) in [4.78, 5) is 21.7. The predicted molar refractivity (Wildman–Crippen MR) is 80.3 cm³/mol. The Morgan fingerprint density at radius 3 is 2.90 bits per heavy atom. The third-order valence-electron chi connectivity index (χ3n) is 3.87. The molecule has 21 heavy (non-hydrogen) atoms. The van der Waals surface area contributed by atoms with Crippen LogP contribution in [-0.2, 0) is 0 Å². The molecule has 0 spiro atoms. The minimum atomic E-state index is -0.673. The van der Waals surface area contributed by atoms with Crippen LogP contribution in [0.2, 0.25) is 0 Å². The fraction of sp³-hybridized carbons (Fsp3) is 0.500. The highest BCUT2D eigenvalue weighted by atomic mass is 16.6. The van der Waals surface area contributed by atoms with Crippen LogP contribution in [0.5, 0.6) is 0 Å². The van der Waals surface area contributed by atoms with Gasteiger partial charge in [-0.25, -0.2) is 0 Å². The highest BCUT2D eigenvalue weighted by Crippen LogP contribution is 2.29. The van der Waals surface area contributed by atoms with Crippen molar-refractivity contribution >= 4 is 17.3 Å². The Morgan fingerprint density at radius 1 is 1.57 bits per heavy atom. The quantitative estimate of drug-likeness (QED) is 0.562. The van der Waals surface area contributed by atoms with Gasteiger partial charge >= 0.3 is 0 Å². The Bertz CT molecular complexity index is 553. The lowest BCUT2D eigenvalue weighted by atomic mass is 9.83. The maximum atomic E-state index is 11.1. The van der Waals surface area contributed by atoms with Crippen molar-refractivity contribution in [2.45, 2.75) is 19.8 Å². The molecular formula is C14H20N4O3. The van der Waals surface area contributed by atoms with Gasteiger partial charge in [-0.3, -0.25) is 14.9 Å². The van der Waals surface area contributed by atoms with Crippen LogP contribution in [0, 0.1) is 15.5 Å². The molecule has 0 aliphatic carbocycles. The van der Waals surface area contributed by atoms with Crippen molar-refractivity contribution in [2.24, 2.45) is 11.1 Å². The zero-order chi connectivity index (χ0) is 15.5. The first-order valence-corrected chi connectivity index (χ1v) is 6.94. The average Bonchev–Trinajstić information content (AvgIpc) is 2.45. The molecule has 7 nitrogen and oxygen atoms in total. The molecule has 0 radical (unpaired) electrons. The van der Waals surface area contributed by atoms with Crippen LogP contribution in [0.15, 0.2) is 18.2 Å². The van der Waals surface area contributed by atoms with E-state index < -0.39 is 10.8 Å². The number of nitrogens with zero attached hydrogens (tertiary/aromatic N) is 1. The third-order valence-corrected chi connectivity index (χ3v) is 3.87. The highest BCUT2D eigenvalue weighted by Gasteiger charge is 2.27. The highest BCUT2D eigenvalue weighted by molar-refractivity contribution is 5.94. The van der Waals surface area contributed by atoms with Gasteiger partial charge < -0.3 is 16.4 Å². The number of amides is 1. The number of nitrogens with two attached hydrogens (primary N) is 1. The zero-order valence-electron chi connectivity index (χ0n) is 12.0. The number of piperidine rings is 1. The van der Waals surface area contributed by atoms with E-state index in [-0.39, 0.29) is 16.7 Å². The smallest absolute Gasteiger partial charge is 0.293 e. The van der Waals surface area contributed by atoms with E-state index in [0.29, 0.717) is 12.2 Å². The summed E-state index contributed by atoms with van der Waals surface area (Å²) in [6.07, 6.45) is 2.17. The number of rotatable bonds is 5. The standard InChI is InChI=1S/C14H20N4O3/c1-14(5-2-6-16-8-14)9-17-11-4-3-10(13(15)19)7-12(11)18(20)21/h3-4,7,16-17H,2,5-6,8-9H2,1H3,(H2,15,19). The van der Waals surface area contributed by atoms with Crippen molar-refractivity contribution in [3.8, 4) is 0 Å². The van der Waals surface area contributed by atoms with Crippen molar-refractivity contribution in [3.05, 3.63) is 33.9 Å². The molecule has 1 amide bonds. The molecule has 0 aromatic heterocycles. The van der Waals surface area contributed by atoms with Crippen molar-refractivity contribution in [1.82, 2.24) is 5.32 Å². The molecule has 1 fully saturated rings. The van der Waals surface area contributed by atoms with Gasteiger partial charge in [0.2, 0.25) is 5.91 Å². The van der Waals surface area contributed by atoms with Gasteiger partial charge in [-0.15, -0.1) is 0 Å². The molecular weight excluding hydrogens is 272 g/mol. The number of primary amides is 1. The molecule has 114 valence electrons. The molecule has 1 saturated heterocycles. The molecule has 0 saturated carbocycles. The summed E-state index contributed by atoms with van der Waals surface area (Å²) in [7, 11) is 0. The van der Waals surface area contributed by atoms with E-state index >= 15 is 0 Å². The van der Waals surface area contributed by atoms with Crippen molar-refractivity contribution in [3.63, 3.8) is 0 Å². The summed E-state index contributed by atoms with van der Waals surface area (Å²) in [5.74, 6) is -0.673. The number of anilines is 1. The molecule has 0 bridgehead atoms. The summed E-state index contributed by atoms with van der Waals surface area (Å²) in [6, 6.07) is 4.25. The second-order valence-corrected chi connectivity index (χ2v) is 5.80. The number of hydrogen-bond acceptors (Lipinski definition) is 5. The summed E-state index contributed by atoms with van der Waals surface area (Å²) >= 11 is 0. The second-order valence-electron chi connectivity index (χ2n) is 5.80. The van der Waals surface area contributed by atoms with Gasteiger partial charge in [0.25, 0.3) is 5.69 Å². The van der Waals surface area contributed by atoms with Gasteiger partial charge in [0.15, 0.2) is 0 Å². The monoisotopic (exact) mass is 292 g/mol. The Kier molecular flexibility index (Phi) is 4.42. The van der Waals surface area contributed by atoms with Crippen molar-refractivity contribution in [2.75, 3.05) is 25.0 Å². The maximum absolute atomic E-state index is 11.1. The molecule has 1 atom stereocenters. The lowest BCUT2D eigenvalue weighted by Crippen LogP contribution is -2.42. The average molecular weight is 292 g/mol. The summed E-state index contributed by atoms with van der Waals surface area (Å²) in [5.41, 5.74) is 5.64. The van der Waals surface area contributed by atoms with Crippen LogP contribution < -0.4 is 16.4 Å². The topological polar surface area (TPSA) is 110 Å². The first kappa shape index (κ1) is 15.2. The largest absolute Gasteiger partial charge is 0.379 e. The Morgan fingerprint density at radius 2 is 2.33 bits per heavy atom.